The molecule has 0 saturated heterocycles. The average Bonchev–Trinajstić information content (AvgIpc) is 2.92. The first-order valence-electron chi connectivity index (χ1n) is 12.0. The summed E-state index contributed by atoms with van der Waals surface area (Å²) >= 11 is 0. The minimum absolute atomic E-state index is 0.00955. The molecule has 6 heteroatoms. The van der Waals surface area contributed by atoms with Gasteiger partial charge in [-0.2, -0.15) is 0 Å². The van der Waals surface area contributed by atoms with Crippen LogP contribution in [0.4, 0.5) is 5.69 Å². The number of anilines is 1. The predicted octanol–water partition coefficient (Wildman–Crippen LogP) is 5.82. The van der Waals surface area contributed by atoms with Gasteiger partial charge in [0.15, 0.2) is 5.78 Å². The first-order chi connectivity index (χ1) is 17.6. The van der Waals surface area contributed by atoms with Gasteiger partial charge in [0.25, 0.3) is 0 Å². The molecule has 0 amide bonds. The summed E-state index contributed by atoms with van der Waals surface area (Å²) in [4.78, 5) is 13.0. The van der Waals surface area contributed by atoms with Gasteiger partial charge in [0.05, 0.1) is 45.3 Å². The summed E-state index contributed by atoms with van der Waals surface area (Å²) in [6.45, 7) is 4.70. The fourth-order valence-electron chi connectivity index (χ4n) is 3.84. The largest absolute Gasteiger partial charge is 0.497 e. The van der Waals surface area contributed by atoms with E-state index in [4.69, 9.17) is 18.9 Å². The van der Waals surface area contributed by atoms with Gasteiger partial charge in [-0.15, -0.1) is 6.58 Å². The minimum atomic E-state index is -0.305. The molecule has 190 valence electrons. The number of nitrogens with one attached hydrogen (secondary N) is 1. The number of methoxy groups -OCH3 is 2. The summed E-state index contributed by atoms with van der Waals surface area (Å²) in [5.41, 5.74) is 2.84. The van der Waals surface area contributed by atoms with E-state index in [-0.39, 0.29) is 31.0 Å². The molecule has 0 spiro atoms. The lowest BCUT2D eigenvalue weighted by atomic mass is 10.0. The van der Waals surface area contributed by atoms with Gasteiger partial charge < -0.3 is 24.3 Å². The maximum Gasteiger partial charge on any atom is 0.160 e. The second-order valence-corrected chi connectivity index (χ2v) is 8.39. The van der Waals surface area contributed by atoms with Crippen LogP contribution in [-0.4, -0.2) is 38.8 Å². The summed E-state index contributed by atoms with van der Waals surface area (Å²) < 4.78 is 22.7. The molecule has 3 aromatic rings. The molecule has 0 bridgehead atoms. The molecule has 0 heterocycles. The molecule has 0 unspecified atom stereocenters. The molecule has 0 fully saturated rings. The lowest BCUT2D eigenvalue weighted by Crippen LogP contribution is -2.38. The minimum Gasteiger partial charge on any atom is -0.497 e. The Labute approximate surface area is 213 Å². The van der Waals surface area contributed by atoms with Crippen molar-refractivity contribution >= 4 is 11.5 Å². The Morgan fingerprint density at radius 3 is 2.28 bits per heavy atom. The summed E-state index contributed by atoms with van der Waals surface area (Å²) in [5, 5.41) is 3.48. The second-order valence-electron chi connectivity index (χ2n) is 8.39. The van der Waals surface area contributed by atoms with Crippen molar-refractivity contribution in [2.24, 2.45) is 0 Å². The number of Topliss-reactive ketones (excluding diaryl/α,β-unsaturated/α-hetero) is 1. The van der Waals surface area contributed by atoms with Crippen molar-refractivity contribution in [3.05, 3.63) is 103 Å². The highest BCUT2D eigenvalue weighted by atomic mass is 16.5. The van der Waals surface area contributed by atoms with E-state index >= 15 is 0 Å². The molecule has 0 aliphatic rings. The van der Waals surface area contributed by atoms with Crippen LogP contribution >= 0.6 is 0 Å². The van der Waals surface area contributed by atoms with Gasteiger partial charge in [-0.1, -0.05) is 60.7 Å². The Bertz CT molecular complexity index is 1070. The molecule has 1 N–H and O–H groups in total. The molecule has 3 aromatic carbocycles. The molecule has 0 aliphatic carbocycles. The summed E-state index contributed by atoms with van der Waals surface area (Å²) in [6, 6.07) is 24.9. The van der Waals surface area contributed by atoms with Crippen LogP contribution in [0.2, 0.25) is 0 Å². The highest BCUT2D eigenvalue weighted by Crippen LogP contribution is 2.26. The van der Waals surface area contributed by atoms with E-state index in [9.17, 15) is 4.79 Å². The van der Waals surface area contributed by atoms with E-state index < -0.39 is 0 Å². The summed E-state index contributed by atoms with van der Waals surface area (Å²) in [5.74, 6) is 1.46. The Hall–Kier alpha value is -3.61. The molecule has 0 aromatic heterocycles. The van der Waals surface area contributed by atoms with Crippen molar-refractivity contribution in [2.45, 2.75) is 38.2 Å². The van der Waals surface area contributed by atoms with Gasteiger partial charge in [0, 0.05) is 6.42 Å². The van der Waals surface area contributed by atoms with E-state index in [0.717, 1.165) is 22.6 Å². The maximum atomic E-state index is 13.0. The predicted molar refractivity (Wildman–Crippen MR) is 143 cm³/mol. The van der Waals surface area contributed by atoms with Crippen LogP contribution in [0.5, 0.6) is 11.5 Å². The summed E-state index contributed by atoms with van der Waals surface area (Å²) in [6.07, 6.45) is 2.35. The van der Waals surface area contributed by atoms with Crippen LogP contribution in [0, 0.1) is 0 Å². The smallest absolute Gasteiger partial charge is 0.160 e. The third-order valence-electron chi connectivity index (χ3n) is 5.74. The number of hydrogen-bond donors (Lipinski definition) is 1. The van der Waals surface area contributed by atoms with Gasteiger partial charge >= 0.3 is 0 Å². The zero-order chi connectivity index (χ0) is 25.6. The van der Waals surface area contributed by atoms with Crippen molar-refractivity contribution in [1.82, 2.24) is 0 Å². The number of ketones is 1. The Morgan fingerprint density at radius 1 is 0.889 bits per heavy atom. The summed E-state index contributed by atoms with van der Waals surface area (Å²) in [7, 11) is 3.25. The van der Waals surface area contributed by atoms with Crippen LogP contribution in [0.15, 0.2) is 91.5 Å². The van der Waals surface area contributed by atoms with Gasteiger partial charge in [0.2, 0.25) is 0 Å². The van der Waals surface area contributed by atoms with Gasteiger partial charge in [0.1, 0.15) is 18.1 Å². The highest BCUT2D eigenvalue weighted by molar-refractivity contribution is 5.81. The van der Waals surface area contributed by atoms with E-state index in [1.807, 2.05) is 84.9 Å². The first-order valence-corrected chi connectivity index (χ1v) is 12.0. The number of carbonyl (C=O) groups is 1. The third kappa shape index (κ3) is 8.56. The first kappa shape index (κ1) is 27.0. The van der Waals surface area contributed by atoms with E-state index in [1.165, 1.54) is 0 Å². The lowest BCUT2D eigenvalue weighted by Gasteiger charge is -2.29. The number of carbonyl (C=O) groups excluding carboxylic acids is 1. The highest BCUT2D eigenvalue weighted by Gasteiger charge is 2.25. The lowest BCUT2D eigenvalue weighted by molar-refractivity contribution is -0.125. The van der Waals surface area contributed by atoms with Crippen molar-refractivity contribution < 1.29 is 23.7 Å². The van der Waals surface area contributed by atoms with Crippen LogP contribution in [0.25, 0.3) is 0 Å². The Kier molecular flexibility index (Phi) is 11.0. The number of benzene rings is 3. The molecule has 6 nitrogen and oxygen atoms in total. The standard InChI is InChI=1S/C30H35NO5/c1-4-10-30(36-21-23-11-6-5-7-12-23)28(31-27-13-8-9-14-29(27)34-3)19-25(32)22-35-20-24-15-17-26(33-2)18-16-24/h4-9,11-18,28,30-31H,1,10,19-22H2,2-3H3/t28-,30-/m0/s1. The zero-order valence-corrected chi connectivity index (χ0v) is 21.0. The monoisotopic (exact) mass is 489 g/mol. The molecule has 0 radical (unpaired) electrons. The second kappa shape index (κ2) is 14.7. The molecule has 3 rings (SSSR count). The van der Waals surface area contributed by atoms with Crippen molar-refractivity contribution in [2.75, 3.05) is 26.1 Å². The van der Waals surface area contributed by atoms with Gasteiger partial charge in [-0.3, -0.25) is 4.79 Å². The van der Waals surface area contributed by atoms with E-state index in [1.54, 1.807) is 14.2 Å². The normalized spacial score (nSPS) is 12.4. The van der Waals surface area contributed by atoms with Crippen LogP contribution in [-0.2, 0) is 27.5 Å². The van der Waals surface area contributed by atoms with E-state index in [0.29, 0.717) is 25.4 Å². The fourth-order valence-corrected chi connectivity index (χ4v) is 3.84. The Balaban J connectivity index is 1.67. The topological polar surface area (TPSA) is 66.0 Å². The number of rotatable bonds is 16. The molecule has 2 atom stereocenters. The van der Waals surface area contributed by atoms with Crippen LogP contribution in [0.3, 0.4) is 0 Å². The van der Waals surface area contributed by atoms with Crippen molar-refractivity contribution in [3.63, 3.8) is 0 Å². The molecule has 36 heavy (non-hydrogen) atoms. The maximum absolute atomic E-state index is 13.0. The number of ether oxygens (including phenoxy) is 4. The number of hydrogen-bond acceptors (Lipinski definition) is 6. The van der Waals surface area contributed by atoms with Crippen molar-refractivity contribution in [3.8, 4) is 11.5 Å². The van der Waals surface area contributed by atoms with Gasteiger partial charge in [-0.05, 0) is 41.8 Å². The molecular weight excluding hydrogens is 454 g/mol. The zero-order valence-electron chi connectivity index (χ0n) is 21.0. The van der Waals surface area contributed by atoms with Crippen molar-refractivity contribution in [1.29, 1.82) is 0 Å². The molecule has 0 aliphatic heterocycles. The molecule has 0 saturated carbocycles. The SMILES string of the molecule is C=CC[C@H](OCc1ccccc1)[C@H](CC(=O)COCc1ccc(OC)cc1)Nc1ccccc1OC. The number of para-hydroxylation sites is 2. The van der Waals surface area contributed by atoms with Crippen LogP contribution < -0.4 is 14.8 Å². The Morgan fingerprint density at radius 2 is 1.58 bits per heavy atom. The average molecular weight is 490 g/mol. The van der Waals surface area contributed by atoms with E-state index in [2.05, 4.69) is 11.9 Å². The molecular formula is C30H35NO5. The van der Waals surface area contributed by atoms with Crippen LogP contribution in [0.1, 0.15) is 24.0 Å². The van der Waals surface area contributed by atoms with Gasteiger partial charge in [-0.25, -0.2) is 0 Å². The quantitative estimate of drug-likeness (QED) is 0.256. The fraction of sp³-hybridized carbons (Fsp3) is 0.300. The third-order valence-corrected chi connectivity index (χ3v) is 5.74.